The third-order valence-corrected chi connectivity index (χ3v) is 5.13. The largest absolute Gasteiger partial charge is 0.344 e. The van der Waals surface area contributed by atoms with Gasteiger partial charge in [-0.05, 0) is 43.5 Å². The molecule has 1 aromatic rings. The van der Waals surface area contributed by atoms with Crippen LogP contribution in [0.5, 0.6) is 0 Å². The summed E-state index contributed by atoms with van der Waals surface area (Å²) in [5.74, 6) is -0.591. The first-order valence-corrected chi connectivity index (χ1v) is 9.85. The van der Waals surface area contributed by atoms with Gasteiger partial charge in [0.25, 0.3) is 0 Å². The minimum absolute atomic E-state index is 0.000825. The predicted molar refractivity (Wildman–Crippen MR) is 105 cm³/mol. The molecule has 1 saturated heterocycles. The van der Waals surface area contributed by atoms with Gasteiger partial charge in [0.05, 0.1) is 5.92 Å². The number of rotatable bonds is 7. The molecule has 1 aliphatic rings. The number of hydrogen-bond donors (Lipinski definition) is 1. The van der Waals surface area contributed by atoms with Crippen molar-refractivity contribution in [2.75, 3.05) is 33.2 Å². The zero-order chi connectivity index (χ0) is 20.0. The van der Waals surface area contributed by atoms with Crippen LogP contribution in [0.4, 0.5) is 4.39 Å². The highest BCUT2D eigenvalue weighted by atomic mass is 19.1. The minimum atomic E-state index is -0.518. The van der Waals surface area contributed by atoms with Gasteiger partial charge in [0.2, 0.25) is 11.8 Å². The molecule has 0 spiro atoms. The topological polar surface area (TPSA) is 52.7 Å². The summed E-state index contributed by atoms with van der Waals surface area (Å²) in [6.07, 6.45) is 1.20. The van der Waals surface area contributed by atoms with Crippen molar-refractivity contribution in [1.82, 2.24) is 15.1 Å². The van der Waals surface area contributed by atoms with E-state index in [1.807, 2.05) is 32.7 Å². The maximum absolute atomic E-state index is 13.2. The van der Waals surface area contributed by atoms with Crippen LogP contribution in [0.2, 0.25) is 0 Å². The normalized spacial score (nSPS) is 17.6. The van der Waals surface area contributed by atoms with E-state index in [0.717, 1.165) is 18.7 Å². The van der Waals surface area contributed by atoms with Crippen LogP contribution < -0.4 is 5.32 Å². The molecule has 0 radical (unpaired) electrons. The van der Waals surface area contributed by atoms with Gasteiger partial charge in [-0.15, -0.1) is 0 Å². The quantitative estimate of drug-likeness (QED) is 0.795. The van der Waals surface area contributed by atoms with E-state index < -0.39 is 6.04 Å². The number of likely N-dealkylation sites (N-methyl/N-ethyl adjacent to an activating group) is 1. The Morgan fingerprint density at radius 1 is 1.11 bits per heavy atom. The van der Waals surface area contributed by atoms with Crippen molar-refractivity contribution in [2.45, 2.75) is 45.6 Å². The monoisotopic (exact) mass is 377 g/mol. The van der Waals surface area contributed by atoms with Crippen molar-refractivity contribution in [3.05, 3.63) is 35.6 Å². The van der Waals surface area contributed by atoms with Crippen LogP contribution in [0, 0.1) is 11.7 Å². The van der Waals surface area contributed by atoms with Gasteiger partial charge in [0, 0.05) is 26.2 Å². The Kier molecular flexibility index (Phi) is 7.78. The van der Waals surface area contributed by atoms with E-state index in [0.29, 0.717) is 25.9 Å². The van der Waals surface area contributed by atoms with Gasteiger partial charge >= 0.3 is 0 Å². The fourth-order valence-corrected chi connectivity index (χ4v) is 3.48. The molecule has 6 heteroatoms. The van der Waals surface area contributed by atoms with Gasteiger partial charge in [-0.3, -0.25) is 9.59 Å². The van der Waals surface area contributed by atoms with Crippen LogP contribution in [0.3, 0.4) is 0 Å². The highest BCUT2D eigenvalue weighted by Gasteiger charge is 2.30. The number of hydrogen-bond acceptors (Lipinski definition) is 3. The summed E-state index contributed by atoms with van der Waals surface area (Å²) >= 11 is 0. The SMILES string of the molecule is CCC(C(=O)N[C@H](CC(C)C)C(=O)N1CCN(C)CC1)c1ccc(F)cc1. The van der Waals surface area contributed by atoms with E-state index in [9.17, 15) is 14.0 Å². The summed E-state index contributed by atoms with van der Waals surface area (Å²) in [5.41, 5.74) is 0.770. The maximum Gasteiger partial charge on any atom is 0.245 e. The van der Waals surface area contributed by atoms with Crippen molar-refractivity contribution >= 4 is 11.8 Å². The number of benzene rings is 1. The highest BCUT2D eigenvalue weighted by Crippen LogP contribution is 2.21. The van der Waals surface area contributed by atoms with E-state index in [1.54, 1.807) is 12.1 Å². The van der Waals surface area contributed by atoms with Crippen LogP contribution in [0.25, 0.3) is 0 Å². The molecular formula is C21H32FN3O2. The third kappa shape index (κ3) is 6.03. The minimum Gasteiger partial charge on any atom is -0.344 e. The molecule has 1 unspecified atom stereocenters. The Hall–Kier alpha value is -1.95. The molecule has 0 aliphatic carbocycles. The zero-order valence-corrected chi connectivity index (χ0v) is 16.9. The fourth-order valence-electron chi connectivity index (χ4n) is 3.48. The number of carbonyl (C=O) groups is 2. The van der Waals surface area contributed by atoms with E-state index in [-0.39, 0.29) is 29.5 Å². The molecule has 5 nitrogen and oxygen atoms in total. The summed E-state index contributed by atoms with van der Waals surface area (Å²) in [6.45, 7) is 9.10. The smallest absolute Gasteiger partial charge is 0.245 e. The molecule has 1 aliphatic heterocycles. The lowest BCUT2D eigenvalue weighted by molar-refractivity contribution is -0.138. The van der Waals surface area contributed by atoms with Gasteiger partial charge < -0.3 is 15.1 Å². The van der Waals surface area contributed by atoms with Gasteiger partial charge in [0.1, 0.15) is 11.9 Å². The molecule has 2 rings (SSSR count). The summed E-state index contributed by atoms with van der Waals surface area (Å²) in [5, 5.41) is 2.98. The average Bonchev–Trinajstić information content (AvgIpc) is 2.63. The second kappa shape index (κ2) is 9.83. The Morgan fingerprint density at radius 2 is 1.70 bits per heavy atom. The fraction of sp³-hybridized carbons (Fsp3) is 0.619. The van der Waals surface area contributed by atoms with Crippen LogP contribution in [-0.2, 0) is 9.59 Å². The van der Waals surface area contributed by atoms with Crippen LogP contribution in [0.1, 0.15) is 45.1 Å². The Morgan fingerprint density at radius 3 is 2.22 bits per heavy atom. The Bertz CT molecular complexity index is 625. The summed E-state index contributed by atoms with van der Waals surface area (Å²) < 4.78 is 13.2. The lowest BCUT2D eigenvalue weighted by Crippen LogP contribution is -2.55. The molecule has 1 aromatic carbocycles. The van der Waals surface area contributed by atoms with Crippen molar-refractivity contribution in [2.24, 2.45) is 5.92 Å². The van der Waals surface area contributed by atoms with E-state index in [2.05, 4.69) is 10.2 Å². The Labute approximate surface area is 161 Å². The molecule has 150 valence electrons. The first kappa shape index (κ1) is 21.4. The van der Waals surface area contributed by atoms with E-state index in [1.165, 1.54) is 12.1 Å². The second-order valence-electron chi connectivity index (χ2n) is 7.83. The molecule has 2 amide bonds. The number of piperazine rings is 1. The van der Waals surface area contributed by atoms with Gasteiger partial charge in [-0.25, -0.2) is 4.39 Å². The standard InChI is InChI=1S/C21H32FN3O2/c1-5-18(16-6-8-17(22)9-7-16)20(26)23-19(14-15(2)3)21(27)25-12-10-24(4)11-13-25/h6-9,15,18-19H,5,10-14H2,1-4H3,(H,23,26)/t18?,19-/m1/s1. The lowest BCUT2D eigenvalue weighted by atomic mass is 9.94. The number of nitrogens with zero attached hydrogens (tertiary/aromatic N) is 2. The van der Waals surface area contributed by atoms with E-state index in [4.69, 9.17) is 0 Å². The molecule has 0 aromatic heterocycles. The average molecular weight is 378 g/mol. The van der Waals surface area contributed by atoms with Crippen molar-refractivity contribution < 1.29 is 14.0 Å². The first-order chi connectivity index (χ1) is 12.8. The predicted octanol–water partition coefficient (Wildman–Crippen LogP) is 2.62. The van der Waals surface area contributed by atoms with Crippen molar-refractivity contribution in [3.63, 3.8) is 0 Å². The van der Waals surface area contributed by atoms with Crippen molar-refractivity contribution in [3.8, 4) is 0 Å². The number of carbonyl (C=O) groups excluding carboxylic acids is 2. The second-order valence-corrected chi connectivity index (χ2v) is 7.83. The van der Waals surface area contributed by atoms with E-state index >= 15 is 0 Å². The molecule has 0 bridgehead atoms. The van der Waals surface area contributed by atoms with Crippen LogP contribution in [-0.4, -0.2) is 60.9 Å². The number of amides is 2. The highest BCUT2D eigenvalue weighted by molar-refractivity contribution is 5.90. The van der Waals surface area contributed by atoms with Crippen molar-refractivity contribution in [1.29, 1.82) is 0 Å². The Balaban J connectivity index is 2.10. The molecular weight excluding hydrogens is 345 g/mol. The van der Waals surface area contributed by atoms with Gasteiger partial charge in [-0.1, -0.05) is 32.9 Å². The lowest BCUT2D eigenvalue weighted by Gasteiger charge is -2.35. The molecule has 27 heavy (non-hydrogen) atoms. The van der Waals surface area contributed by atoms with Gasteiger partial charge in [0.15, 0.2) is 0 Å². The van der Waals surface area contributed by atoms with Crippen LogP contribution >= 0.6 is 0 Å². The molecule has 0 saturated carbocycles. The number of halogens is 1. The maximum atomic E-state index is 13.2. The summed E-state index contributed by atoms with van der Waals surface area (Å²) in [6, 6.07) is 5.50. The molecule has 1 N–H and O–H groups in total. The summed E-state index contributed by atoms with van der Waals surface area (Å²) in [4.78, 5) is 30.0. The van der Waals surface area contributed by atoms with Gasteiger partial charge in [-0.2, -0.15) is 0 Å². The number of nitrogens with one attached hydrogen (secondary N) is 1. The van der Waals surface area contributed by atoms with Crippen LogP contribution in [0.15, 0.2) is 24.3 Å². The first-order valence-electron chi connectivity index (χ1n) is 9.85. The molecule has 1 fully saturated rings. The summed E-state index contributed by atoms with van der Waals surface area (Å²) in [7, 11) is 2.05. The molecule has 1 heterocycles. The zero-order valence-electron chi connectivity index (χ0n) is 16.9. The third-order valence-electron chi connectivity index (χ3n) is 5.13. The molecule has 2 atom stereocenters.